The first-order chi connectivity index (χ1) is 21.6. The molecular weight excluding hydrogens is 538 g/mol. The van der Waals surface area contributed by atoms with Crippen molar-refractivity contribution in [2.45, 2.75) is 19.3 Å². The third-order valence-corrected chi connectivity index (χ3v) is 9.10. The zero-order valence-electron chi connectivity index (χ0n) is 24.4. The summed E-state index contributed by atoms with van der Waals surface area (Å²) in [6, 6.07) is 44.2. The largest absolute Gasteiger partial charge is 0.456 e. The van der Waals surface area contributed by atoms with Crippen molar-refractivity contribution in [3.8, 4) is 67.9 Å². The van der Waals surface area contributed by atoms with Gasteiger partial charge in [0, 0.05) is 33.1 Å². The maximum Gasteiger partial charge on any atom is 0.164 e. The van der Waals surface area contributed by atoms with Crippen molar-refractivity contribution in [2.75, 3.05) is 0 Å². The van der Waals surface area contributed by atoms with E-state index in [2.05, 4.69) is 105 Å². The lowest BCUT2D eigenvalue weighted by atomic mass is 9.80. The molecular formula is C40H27N3O. The van der Waals surface area contributed by atoms with Crippen molar-refractivity contribution in [3.05, 3.63) is 139 Å². The molecule has 2 heterocycles. The smallest absolute Gasteiger partial charge is 0.164 e. The van der Waals surface area contributed by atoms with Crippen molar-refractivity contribution in [3.63, 3.8) is 0 Å². The molecule has 208 valence electrons. The molecule has 1 aromatic heterocycles. The number of hydrogen-bond donors (Lipinski definition) is 0. The Bertz CT molecular complexity index is 2280. The van der Waals surface area contributed by atoms with Gasteiger partial charge in [-0.25, -0.2) is 15.0 Å². The molecule has 44 heavy (non-hydrogen) atoms. The second-order valence-corrected chi connectivity index (χ2v) is 12.0. The minimum atomic E-state index is -0.197. The second-order valence-electron chi connectivity index (χ2n) is 12.0. The number of fused-ring (bicyclic) bond motifs is 5. The number of ether oxygens (including phenoxy) is 1. The molecule has 0 radical (unpaired) electrons. The van der Waals surface area contributed by atoms with Gasteiger partial charge in [0.25, 0.3) is 0 Å². The monoisotopic (exact) mass is 565 g/mol. The number of aromatic nitrogens is 3. The molecule has 0 atom stereocenters. The zero-order valence-corrected chi connectivity index (χ0v) is 24.4. The molecule has 0 bridgehead atoms. The molecule has 7 aromatic rings. The molecule has 1 aliphatic heterocycles. The van der Waals surface area contributed by atoms with E-state index in [1.807, 2.05) is 36.4 Å². The average Bonchev–Trinajstić information content (AvgIpc) is 3.31. The van der Waals surface area contributed by atoms with Crippen LogP contribution in [0.3, 0.4) is 0 Å². The van der Waals surface area contributed by atoms with Gasteiger partial charge in [-0.3, -0.25) is 0 Å². The molecule has 0 N–H and O–H groups in total. The van der Waals surface area contributed by atoms with Gasteiger partial charge in [-0.2, -0.15) is 0 Å². The Hall–Kier alpha value is -5.61. The van der Waals surface area contributed by atoms with Crippen LogP contribution in [0, 0.1) is 0 Å². The van der Waals surface area contributed by atoms with Crippen LogP contribution in [-0.2, 0) is 5.41 Å². The highest BCUT2D eigenvalue weighted by Crippen LogP contribution is 2.52. The normalized spacial score (nSPS) is 13.6. The van der Waals surface area contributed by atoms with Crippen LogP contribution in [0.15, 0.2) is 127 Å². The third-order valence-electron chi connectivity index (χ3n) is 9.10. The quantitative estimate of drug-likeness (QED) is 0.214. The van der Waals surface area contributed by atoms with Crippen molar-refractivity contribution < 1.29 is 4.74 Å². The SMILES string of the molecule is CC1(C)c2ccccc2-c2cccc(-c3nc(-c4ccccc4)nc(-c4ccc5c(c4)-c4cccc6cccc(c46)O5)n3)c21. The van der Waals surface area contributed by atoms with Crippen LogP contribution in [0.25, 0.3) is 67.2 Å². The van der Waals surface area contributed by atoms with Gasteiger partial charge in [0.15, 0.2) is 17.5 Å². The van der Waals surface area contributed by atoms with Crippen LogP contribution in [0.1, 0.15) is 25.0 Å². The van der Waals surface area contributed by atoms with E-state index in [0.29, 0.717) is 17.5 Å². The number of benzene rings is 6. The van der Waals surface area contributed by atoms with Crippen molar-refractivity contribution >= 4 is 10.8 Å². The predicted octanol–water partition coefficient (Wildman–Crippen LogP) is 10.1. The van der Waals surface area contributed by atoms with Crippen LogP contribution in [0.2, 0.25) is 0 Å². The molecule has 1 aliphatic carbocycles. The molecule has 0 saturated carbocycles. The molecule has 0 saturated heterocycles. The maximum atomic E-state index is 6.38. The molecule has 2 aliphatic rings. The molecule has 0 amide bonds. The number of nitrogens with zero attached hydrogens (tertiary/aromatic N) is 3. The van der Waals surface area contributed by atoms with E-state index < -0.39 is 0 Å². The van der Waals surface area contributed by atoms with E-state index in [1.165, 1.54) is 22.3 Å². The highest BCUT2D eigenvalue weighted by molar-refractivity contribution is 6.04. The summed E-state index contributed by atoms with van der Waals surface area (Å²) in [6.07, 6.45) is 0. The Kier molecular flexibility index (Phi) is 5.21. The summed E-state index contributed by atoms with van der Waals surface area (Å²) in [5, 5.41) is 2.29. The number of rotatable bonds is 3. The van der Waals surface area contributed by atoms with E-state index in [1.54, 1.807) is 0 Å². The molecule has 0 unspecified atom stereocenters. The summed E-state index contributed by atoms with van der Waals surface area (Å²) in [7, 11) is 0. The van der Waals surface area contributed by atoms with Crippen molar-refractivity contribution in [1.82, 2.24) is 15.0 Å². The molecule has 6 aromatic carbocycles. The summed E-state index contributed by atoms with van der Waals surface area (Å²) < 4.78 is 6.38. The van der Waals surface area contributed by atoms with Gasteiger partial charge in [-0.15, -0.1) is 0 Å². The van der Waals surface area contributed by atoms with Crippen molar-refractivity contribution in [2.24, 2.45) is 0 Å². The minimum absolute atomic E-state index is 0.197. The Labute approximate surface area is 255 Å². The lowest BCUT2D eigenvalue weighted by molar-refractivity contribution is 0.487. The first kappa shape index (κ1) is 24.9. The van der Waals surface area contributed by atoms with Gasteiger partial charge in [0.05, 0.1) is 0 Å². The van der Waals surface area contributed by atoms with E-state index in [9.17, 15) is 0 Å². The standard InChI is InChI=1S/C40H27N3O/c1-40(2)32-19-7-6-15-27(32)29-17-10-18-30(36(29)40)39-42-37(25-11-4-3-5-12-25)41-38(43-39)26-21-22-33-31(23-26)28-16-8-13-24-14-9-20-34(44-33)35(24)28/h3-23H,1-2H3. The molecule has 4 nitrogen and oxygen atoms in total. The van der Waals surface area contributed by atoms with Crippen LogP contribution in [-0.4, -0.2) is 15.0 Å². The molecule has 9 rings (SSSR count). The Morgan fingerprint density at radius 3 is 2.00 bits per heavy atom. The van der Waals surface area contributed by atoms with Gasteiger partial charge < -0.3 is 4.74 Å². The van der Waals surface area contributed by atoms with Gasteiger partial charge in [0.2, 0.25) is 0 Å². The third kappa shape index (κ3) is 3.61. The fraction of sp³-hybridized carbons (Fsp3) is 0.0750. The molecule has 4 heteroatoms. The van der Waals surface area contributed by atoms with E-state index >= 15 is 0 Å². The topological polar surface area (TPSA) is 47.9 Å². The first-order valence-electron chi connectivity index (χ1n) is 15.0. The number of hydrogen-bond acceptors (Lipinski definition) is 4. The van der Waals surface area contributed by atoms with Crippen LogP contribution < -0.4 is 4.74 Å². The predicted molar refractivity (Wildman–Crippen MR) is 177 cm³/mol. The summed E-state index contributed by atoms with van der Waals surface area (Å²) in [4.78, 5) is 15.3. The second kappa shape index (κ2) is 9.19. The Morgan fingerprint density at radius 2 is 1.14 bits per heavy atom. The van der Waals surface area contributed by atoms with E-state index in [-0.39, 0.29) is 5.41 Å². The minimum Gasteiger partial charge on any atom is -0.456 e. The van der Waals surface area contributed by atoms with Crippen LogP contribution in [0.5, 0.6) is 11.5 Å². The summed E-state index contributed by atoms with van der Waals surface area (Å²) in [5.74, 6) is 3.67. The average molecular weight is 566 g/mol. The highest BCUT2D eigenvalue weighted by atomic mass is 16.5. The molecule has 0 spiro atoms. The Balaban J connectivity index is 1.26. The van der Waals surface area contributed by atoms with Crippen LogP contribution in [0.4, 0.5) is 0 Å². The van der Waals surface area contributed by atoms with E-state index in [0.717, 1.165) is 50.1 Å². The van der Waals surface area contributed by atoms with Crippen LogP contribution >= 0.6 is 0 Å². The fourth-order valence-electron chi connectivity index (χ4n) is 7.08. The summed E-state index contributed by atoms with van der Waals surface area (Å²) >= 11 is 0. The molecule has 0 fully saturated rings. The van der Waals surface area contributed by atoms with Gasteiger partial charge in [-0.05, 0) is 57.5 Å². The van der Waals surface area contributed by atoms with Gasteiger partial charge in [-0.1, -0.05) is 117 Å². The lowest BCUT2D eigenvalue weighted by Gasteiger charge is -2.24. The fourth-order valence-corrected chi connectivity index (χ4v) is 7.08. The first-order valence-corrected chi connectivity index (χ1v) is 15.0. The summed E-state index contributed by atoms with van der Waals surface area (Å²) in [6.45, 7) is 4.59. The summed E-state index contributed by atoms with van der Waals surface area (Å²) in [5.41, 5.74) is 9.98. The zero-order chi connectivity index (χ0) is 29.4. The van der Waals surface area contributed by atoms with E-state index in [4.69, 9.17) is 19.7 Å². The lowest BCUT2D eigenvalue weighted by Crippen LogP contribution is -2.17. The maximum absolute atomic E-state index is 6.38. The van der Waals surface area contributed by atoms with Gasteiger partial charge in [0.1, 0.15) is 11.5 Å². The Morgan fingerprint density at radius 1 is 0.477 bits per heavy atom. The van der Waals surface area contributed by atoms with Gasteiger partial charge >= 0.3 is 0 Å². The highest BCUT2D eigenvalue weighted by Gasteiger charge is 2.38. The van der Waals surface area contributed by atoms with Crippen molar-refractivity contribution in [1.29, 1.82) is 0 Å².